The third-order valence-corrected chi connectivity index (χ3v) is 6.90. The van der Waals surface area contributed by atoms with Crippen molar-refractivity contribution in [3.8, 4) is 0 Å². The van der Waals surface area contributed by atoms with Gasteiger partial charge in [-0.3, -0.25) is 14.4 Å². The number of benzene rings is 3. The molecule has 1 saturated heterocycles. The van der Waals surface area contributed by atoms with Crippen LogP contribution in [0.2, 0.25) is 0 Å². The number of hydrogen-bond acceptors (Lipinski definition) is 5. The Labute approximate surface area is 204 Å². The molecule has 0 bridgehead atoms. The average molecular weight is 492 g/mol. The van der Waals surface area contributed by atoms with E-state index < -0.39 is 22.0 Å². The molecule has 0 spiro atoms. The quantitative estimate of drug-likeness (QED) is 0.510. The fraction of sp³-hybridized carbons (Fsp3) is 0.192. The maximum atomic E-state index is 13.5. The van der Waals surface area contributed by atoms with Crippen LogP contribution >= 0.6 is 0 Å². The molecule has 1 fully saturated rings. The summed E-state index contributed by atoms with van der Waals surface area (Å²) >= 11 is 0. The van der Waals surface area contributed by atoms with E-state index in [0.29, 0.717) is 17.7 Å². The summed E-state index contributed by atoms with van der Waals surface area (Å²) in [6.07, 6.45) is 0.238. The van der Waals surface area contributed by atoms with Gasteiger partial charge in [-0.25, -0.2) is 18.5 Å². The van der Waals surface area contributed by atoms with E-state index in [4.69, 9.17) is 5.14 Å². The Kier molecular flexibility index (Phi) is 6.81. The molecular weight excluding hydrogens is 466 g/mol. The maximum absolute atomic E-state index is 13.5. The summed E-state index contributed by atoms with van der Waals surface area (Å²) in [5, 5.41) is 5.16. The van der Waals surface area contributed by atoms with E-state index in [-0.39, 0.29) is 29.7 Å². The molecule has 1 unspecified atom stereocenters. The van der Waals surface area contributed by atoms with E-state index >= 15 is 0 Å². The van der Waals surface area contributed by atoms with Crippen LogP contribution in [0.3, 0.4) is 0 Å². The van der Waals surface area contributed by atoms with Crippen LogP contribution < -0.4 is 10.0 Å². The van der Waals surface area contributed by atoms with Crippen molar-refractivity contribution in [1.29, 1.82) is 0 Å². The topological polar surface area (TPSA) is 118 Å². The van der Waals surface area contributed by atoms with Crippen LogP contribution in [0, 0.1) is 6.92 Å². The summed E-state index contributed by atoms with van der Waals surface area (Å²) in [5.74, 6) is -1.18. The van der Waals surface area contributed by atoms with Crippen molar-refractivity contribution < 1.29 is 22.8 Å². The maximum Gasteiger partial charge on any atom is 0.257 e. The Bertz CT molecular complexity index is 1350. The lowest BCUT2D eigenvalue weighted by Gasteiger charge is -2.28. The monoisotopic (exact) mass is 491 g/mol. The molecular formula is C26H25N3O5S. The van der Waals surface area contributed by atoms with Gasteiger partial charge in [0.15, 0.2) is 0 Å². The number of hydrogen-bond donors (Lipinski definition) is 1. The normalized spacial score (nSPS) is 15.9. The number of carbonyl (C=O) groups is 3. The highest BCUT2D eigenvalue weighted by Crippen LogP contribution is 2.27. The molecule has 9 heteroatoms. The summed E-state index contributed by atoms with van der Waals surface area (Å²) in [5.41, 5.74) is 2.63. The summed E-state index contributed by atoms with van der Waals surface area (Å²) in [4.78, 5) is 42.2. The molecule has 4 rings (SSSR count). The predicted octanol–water partition coefficient (Wildman–Crippen LogP) is 2.66. The first kappa shape index (κ1) is 24.3. The molecule has 0 saturated carbocycles. The fourth-order valence-corrected chi connectivity index (χ4v) is 4.58. The number of sulfonamides is 1. The Hall–Kier alpha value is -3.82. The highest BCUT2D eigenvalue weighted by atomic mass is 32.2. The molecule has 1 aliphatic heterocycles. The van der Waals surface area contributed by atoms with Gasteiger partial charge in [-0.1, -0.05) is 48.0 Å². The minimum Gasteiger partial charge on any atom is -0.326 e. The van der Waals surface area contributed by atoms with Crippen molar-refractivity contribution in [3.05, 3.63) is 95.6 Å². The van der Waals surface area contributed by atoms with Crippen LogP contribution in [-0.2, 0) is 26.0 Å². The van der Waals surface area contributed by atoms with Crippen LogP contribution in [0.15, 0.2) is 83.8 Å². The van der Waals surface area contributed by atoms with Crippen LogP contribution in [0.1, 0.15) is 27.9 Å². The fourth-order valence-electron chi connectivity index (χ4n) is 4.06. The third-order valence-electron chi connectivity index (χ3n) is 5.97. The molecule has 35 heavy (non-hydrogen) atoms. The van der Waals surface area contributed by atoms with Gasteiger partial charge in [-0.15, -0.1) is 0 Å². The van der Waals surface area contributed by atoms with Crippen molar-refractivity contribution in [2.45, 2.75) is 30.7 Å². The number of imide groups is 1. The first-order chi connectivity index (χ1) is 16.6. The van der Waals surface area contributed by atoms with Crippen molar-refractivity contribution in [2.24, 2.45) is 5.14 Å². The van der Waals surface area contributed by atoms with Crippen molar-refractivity contribution in [2.75, 3.05) is 11.4 Å². The predicted molar refractivity (Wildman–Crippen MR) is 131 cm³/mol. The Morgan fingerprint density at radius 2 is 1.60 bits per heavy atom. The van der Waals surface area contributed by atoms with Crippen LogP contribution in [0.25, 0.3) is 0 Å². The highest BCUT2D eigenvalue weighted by Gasteiger charge is 2.44. The van der Waals surface area contributed by atoms with E-state index in [1.54, 1.807) is 54.6 Å². The number of nitrogens with two attached hydrogens (primary N) is 1. The number of anilines is 1. The number of aryl methyl sites for hydroxylation is 1. The molecule has 3 aromatic rings. The van der Waals surface area contributed by atoms with Crippen molar-refractivity contribution in [3.63, 3.8) is 0 Å². The first-order valence-electron chi connectivity index (χ1n) is 11.1. The summed E-state index contributed by atoms with van der Waals surface area (Å²) in [6, 6.07) is 20.7. The van der Waals surface area contributed by atoms with Gasteiger partial charge in [0.25, 0.3) is 11.8 Å². The second-order valence-electron chi connectivity index (χ2n) is 8.43. The molecule has 1 atom stereocenters. The lowest BCUT2D eigenvalue weighted by atomic mass is 10.1. The second kappa shape index (κ2) is 9.81. The van der Waals surface area contributed by atoms with Gasteiger partial charge in [-0.05, 0) is 55.3 Å². The molecule has 0 aliphatic carbocycles. The molecule has 2 N–H and O–H groups in total. The molecule has 180 valence electrons. The number of rotatable bonds is 7. The summed E-state index contributed by atoms with van der Waals surface area (Å²) in [6.45, 7) is 2.07. The zero-order valence-electron chi connectivity index (χ0n) is 19.1. The summed E-state index contributed by atoms with van der Waals surface area (Å²) in [7, 11) is -3.82. The molecule has 0 radical (unpaired) electrons. The van der Waals surface area contributed by atoms with Gasteiger partial charge < -0.3 is 4.90 Å². The van der Waals surface area contributed by atoms with E-state index in [1.807, 2.05) is 19.1 Å². The van der Waals surface area contributed by atoms with Crippen LogP contribution in [0.5, 0.6) is 0 Å². The van der Waals surface area contributed by atoms with E-state index in [1.165, 1.54) is 17.0 Å². The molecule has 1 heterocycles. The minimum atomic E-state index is -3.82. The van der Waals surface area contributed by atoms with Gasteiger partial charge in [0.2, 0.25) is 15.9 Å². The minimum absolute atomic E-state index is 0.0103. The Morgan fingerprint density at radius 3 is 2.20 bits per heavy atom. The van der Waals surface area contributed by atoms with Crippen molar-refractivity contribution in [1.82, 2.24) is 4.90 Å². The number of carbonyl (C=O) groups excluding carboxylic acids is 3. The van der Waals surface area contributed by atoms with Gasteiger partial charge in [0.05, 0.1) is 17.0 Å². The van der Waals surface area contributed by atoms with Gasteiger partial charge >= 0.3 is 0 Å². The van der Waals surface area contributed by atoms with Gasteiger partial charge in [0, 0.05) is 12.1 Å². The van der Waals surface area contributed by atoms with E-state index in [2.05, 4.69) is 0 Å². The van der Waals surface area contributed by atoms with E-state index in [0.717, 1.165) is 16.0 Å². The average Bonchev–Trinajstić information content (AvgIpc) is 3.13. The molecule has 8 nitrogen and oxygen atoms in total. The number of amides is 3. The largest absolute Gasteiger partial charge is 0.326 e. The lowest BCUT2D eigenvalue weighted by Crippen LogP contribution is -2.46. The Balaban J connectivity index is 1.61. The number of nitrogens with zero attached hydrogens (tertiary/aromatic N) is 2. The van der Waals surface area contributed by atoms with Crippen molar-refractivity contribution >= 4 is 33.4 Å². The first-order valence-corrected chi connectivity index (χ1v) is 12.6. The zero-order valence-corrected chi connectivity index (χ0v) is 19.9. The smallest absolute Gasteiger partial charge is 0.257 e. The molecule has 1 aliphatic rings. The molecule has 3 aromatic carbocycles. The number of primary sulfonamides is 1. The van der Waals surface area contributed by atoms with Gasteiger partial charge in [0.1, 0.15) is 6.04 Å². The highest BCUT2D eigenvalue weighted by molar-refractivity contribution is 7.89. The molecule has 3 amide bonds. The third kappa shape index (κ3) is 5.31. The molecule has 0 aromatic heterocycles. The SMILES string of the molecule is Cc1ccc(C(=O)N(CCc2ccc(S(N)(=O)=O)cc2)C2CC(=O)N(c3ccccc3)C2=O)cc1. The second-order valence-corrected chi connectivity index (χ2v) is 9.99. The Morgan fingerprint density at radius 1 is 0.971 bits per heavy atom. The summed E-state index contributed by atoms with van der Waals surface area (Å²) < 4.78 is 23.0. The lowest BCUT2D eigenvalue weighted by molar-refractivity contribution is -0.122. The van der Waals surface area contributed by atoms with Crippen LogP contribution in [-0.4, -0.2) is 43.6 Å². The van der Waals surface area contributed by atoms with Gasteiger partial charge in [-0.2, -0.15) is 0 Å². The number of para-hydroxylation sites is 1. The van der Waals surface area contributed by atoms with Crippen LogP contribution in [0.4, 0.5) is 5.69 Å². The zero-order chi connectivity index (χ0) is 25.2. The standard InChI is InChI=1S/C26H25N3O5S/c1-18-7-11-20(12-8-18)25(31)28(16-15-19-9-13-22(14-10-19)35(27,33)34)23-17-24(30)29(26(23)32)21-5-3-2-4-6-21/h2-14,23H,15-17H2,1H3,(H2,27,33,34). The van der Waals surface area contributed by atoms with E-state index in [9.17, 15) is 22.8 Å².